The van der Waals surface area contributed by atoms with Gasteiger partial charge >= 0.3 is 0 Å². The monoisotopic (exact) mass is 261 g/mol. The molecule has 5 nitrogen and oxygen atoms in total. The Bertz CT molecular complexity index is 521. The van der Waals surface area contributed by atoms with E-state index in [0.29, 0.717) is 0 Å². The van der Waals surface area contributed by atoms with Crippen molar-refractivity contribution in [3.63, 3.8) is 0 Å². The molecule has 2 N–H and O–H groups in total. The maximum Gasteiger partial charge on any atom is 0.189 e. The summed E-state index contributed by atoms with van der Waals surface area (Å²) in [4.78, 5) is 8.57. The number of H-pyrrole nitrogens is 1. The molecule has 0 radical (unpaired) electrons. The first-order chi connectivity index (χ1) is 8.81. The van der Waals surface area contributed by atoms with Crippen molar-refractivity contribution in [2.75, 3.05) is 0 Å². The molecule has 0 saturated heterocycles. The number of hydrogen-bond acceptors (Lipinski definition) is 5. The molecule has 0 atom stereocenters. The highest BCUT2D eigenvalue weighted by Crippen LogP contribution is 2.25. The Labute approximate surface area is 110 Å². The molecule has 0 spiro atoms. The Hall–Kier alpha value is -1.40. The first-order valence-corrected chi connectivity index (χ1v) is 6.85. The van der Waals surface area contributed by atoms with Gasteiger partial charge in [-0.05, 0) is 42.7 Å². The third-order valence-electron chi connectivity index (χ3n) is 2.85. The SMILES string of the molecule is Cc1cc(CNC2CC2)cnc1Sc1ncn[nH]1. The van der Waals surface area contributed by atoms with E-state index in [4.69, 9.17) is 0 Å². The van der Waals surface area contributed by atoms with Gasteiger partial charge in [0.2, 0.25) is 0 Å². The van der Waals surface area contributed by atoms with E-state index in [9.17, 15) is 0 Å². The van der Waals surface area contributed by atoms with E-state index in [2.05, 4.69) is 38.5 Å². The van der Waals surface area contributed by atoms with Crippen LogP contribution < -0.4 is 5.32 Å². The average Bonchev–Trinajstić information content (AvgIpc) is 3.06. The van der Waals surface area contributed by atoms with Crippen LogP contribution in [0.4, 0.5) is 0 Å². The normalized spacial score (nSPS) is 14.9. The van der Waals surface area contributed by atoms with Crippen molar-refractivity contribution in [1.82, 2.24) is 25.5 Å². The molecule has 1 fully saturated rings. The Morgan fingerprint density at radius 3 is 3.00 bits per heavy atom. The third kappa shape index (κ3) is 2.88. The maximum atomic E-state index is 4.49. The quantitative estimate of drug-likeness (QED) is 0.860. The minimum absolute atomic E-state index is 0.730. The van der Waals surface area contributed by atoms with Gasteiger partial charge in [0.05, 0.1) is 0 Å². The number of nitrogens with one attached hydrogen (secondary N) is 2. The fourth-order valence-corrected chi connectivity index (χ4v) is 2.42. The zero-order chi connectivity index (χ0) is 12.4. The zero-order valence-corrected chi connectivity index (χ0v) is 11.0. The number of aromatic nitrogens is 4. The number of pyridine rings is 1. The molecule has 0 aromatic carbocycles. The fraction of sp³-hybridized carbons (Fsp3) is 0.417. The lowest BCUT2D eigenvalue weighted by atomic mass is 10.2. The van der Waals surface area contributed by atoms with Gasteiger partial charge in [0, 0.05) is 18.8 Å². The second-order valence-electron chi connectivity index (χ2n) is 4.51. The van der Waals surface area contributed by atoms with Crippen LogP contribution in [-0.4, -0.2) is 26.2 Å². The van der Waals surface area contributed by atoms with Crippen LogP contribution in [-0.2, 0) is 6.54 Å². The summed E-state index contributed by atoms with van der Waals surface area (Å²) in [5.41, 5.74) is 2.41. The van der Waals surface area contributed by atoms with E-state index in [1.165, 1.54) is 42.1 Å². The lowest BCUT2D eigenvalue weighted by Gasteiger charge is -2.06. The van der Waals surface area contributed by atoms with Gasteiger partial charge in [-0.2, -0.15) is 5.10 Å². The van der Waals surface area contributed by atoms with Gasteiger partial charge in [0.1, 0.15) is 11.4 Å². The molecule has 2 aromatic heterocycles. The van der Waals surface area contributed by atoms with Crippen LogP contribution in [0.3, 0.4) is 0 Å². The third-order valence-corrected chi connectivity index (χ3v) is 3.86. The Morgan fingerprint density at radius 1 is 1.44 bits per heavy atom. The molecule has 6 heteroatoms. The molecular weight excluding hydrogens is 246 g/mol. The summed E-state index contributed by atoms with van der Waals surface area (Å²) in [6.45, 7) is 2.98. The molecular formula is C12H15N5S. The Morgan fingerprint density at radius 2 is 2.33 bits per heavy atom. The van der Waals surface area contributed by atoms with Crippen LogP contribution in [0.5, 0.6) is 0 Å². The summed E-state index contributed by atoms with van der Waals surface area (Å²) >= 11 is 1.51. The van der Waals surface area contributed by atoms with Gasteiger partial charge in [-0.1, -0.05) is 6.07 Å². The van der Waals surface area contributed by atoms with Gasteiger partial charge in [0.25, 0.3) is 0 Å². The number of rotatable bonds is 5. The molecule has 1 aliphatic carbocycles. The second-order valence-corrected chi connectivity index (χ2v) is 5.49. The summed E-state index contributed by atoms with van der Waals surface area (Å²) in [6.07, 6.45) is 6.06. The summed E-state index contributed by atoms with van der Waals surface area (Å²) in [5.74, 6) is 0. The van der Waals surface area contributed by atoms with Gasteiger partial charge in [-0.15, -0.1) is 0 Å². The predicted molar refractivity (Wildman–Crippen MR) is 69.3 cm³/mol. The number of hydrogen-bond donors (Lipinski definition) is 2. The molecule has 0 amide bonds. The van der Waals surface area contributed by atoms with E-state index in [1.54, 1.807) is 0 Å². The smallest absolute Gasteiger partial charge is 0.189 e. The van der Waals surface area contributed by atoms with Gasteiger partial charge < -0.3 is 5.32 Å². The van der Waals surface area contributed by atoms with Crippen molar-refractivity contribution in [1.29, 1.82) is 0 Å². The predicted octanol–water partition coefficient (Wildman–Crippen LogP) is 1.91. The standard InChI is InChI=1S/C12H15N5S/c1-8-4-9(5-13-10-2-3-10)6-14-11(8)18-12-15-7-16-17-12/h4,6-7,10,13H,2-3,5H2,1H3,(H,15,16,17). The zero-order valence-electron chi connectivity index (χ0n) is 10.2. The minimum atomic E-state index is 0.730. The topological polar surface area (TPSA) is 66.5 Å². The van der Waals surface area contributed by atoms with Crippen molar-refractivity contribution < 1.29 is 0 Å². The molecule has 1 aliphatic rings. The van der Waals surface area contributed by atoms with Crippen molar-refractivity contribution in [2.45, 2.75) is 42.5 Å². The minimum Gasteiger partial charge on any atom is -0.310 e. The van der Waals surface area contributed by atoms with Crippen molar-refractivity contribution in [2.24, 2.45) is 0 Å². The first-order valence-electron chi connectivity index (χ1n) is 6.03. The maximum absolute atomic E-state index is 4.49. The summed E-state index contributed by atoms with van der Waals surface area (Å²) < 4.78 is 0. The average molecular weight is 261 g/mol. The molecule has 1 saturated carbocycles. The van der Waals surface area contributed by atoms with Crippen LogP contribution in [0.25, 0.3) is 0 Å². The number of nitrogens with zero attached hydrogens (tertiary/aromatic N) is 3. The molecule has 0 aliphatic heterocycles. The van der Waals surface area contributed by atoms with Crippen LogP contribution >= 0.6 is 11.8 Å². The second kappa shape index (κ2) is 5.07. The highest BCUT2D eigenvalue weighted by molar-refractivity contribution is 7.99. The van der Waals surface area contributed by atoms with Crippen LogP contribution in [0, 0.1) is 6.92 Å². The fourth-order valence-electron chi connectivity index (χ4n) is 1.71. The van der Waals surface area contributed by atoms with Crippen molar-refractivity contribution >= 4 is 11.8 Å². The van der Waals surface area contributed by atoms with Crippen LogP contribution in [0.15, 0.2) is 28.8 Å². The van der Waals surface area contributed by atoms with Crippen molar-refractivity contribution in [3.05, 3.63) is 29.7 Å². The van der Waals surface area contributed by atoms with Gasteiger partial charge in [-0.3, -0.25) is 5.10 Å². The molecule has 2 aromatic rings. The lowest BCUT2D eigenvalue weighted by molar-refractivity contribution is 0.684. The highest BCUT2D eigenvalue weighted by Gasteiger charge is 2.20. The van der Waals surface area contributed by atoms with Gasteiger partial charge in [-0.25, -0.2) is 9.97 Å². The molecule has 94 valence electrons. The first kappa shape index (κ1) is 11.7. The Kier molecular flexibility index (Phi) is 3.29. The van der Waals surface area contributed by atoms with E-state index in [0.717, 1.165) is 22.8 Å². The van der Waals surface area contributed by atoms with Crippen molar-refractivity contribution in [3.8, 4) is 0 Å². The van der Waals surface area contributed by atoms with E-state index < -0.39 is 0 Å². The van der Waals surface area contributed by atoms with E-state index >= 15 is 0 Å². The molecule has 2 heterocycles. The largest absolute Gasteiger partial charge is 0.310 e. The Balaban J connectivity index is 1.67. The van der Waals surface area contributed by atoms with Crippen LogP contribution in [0.2, 0.25) is 0 Å². The van der Waals surface area contributed by atoms with E-state index in [-0.39, 0.29) is 0 Å². The summed E-state index contributed by atoms with van der Waals surface area (Å²) in [5, 5.41) is 11.9. The lowest BCUT2D eigenvalue weighted by Crippen LogP contribution is -2.15. The van der Waals surface area contributed by atoms with Gasteiger partial charge in [0.15, 0.2) is 5.16 Å². The van der Waals surface area contributed by atoms with E-state index in [1.807, 2.05) is 6.20 Å². The number of aromatic amines is 1. The van der Waals surface area contributed by atoms with Crippen LogP contribution in [0.1, 0.15) is 24.0 Å². The summed E-state index contributed by atoms with van der Waals surface area (Å²) in [6, 6.07) is 2.91. The summed E-state index contributed by atoms with van der Waals surface area (Å²) in [7, 11) is 0. The molecule has 18 heavy (non-hydrogen) atoms. The number of aryl methyl sites for hydroxylation is 1. The molecule has 0 bridgehead atoms. The highest BCUT2D eigenvalue weighted by atomic mass is 32.2. The molecule has 3 rings (SSSR count). The molecule has 0 unspecified atom stereocenters.